The number of carboxylic acids is 1. The van der Waals surface area contributed by atoms with Gasteiger partial charge in [0.25, 0.3) is 5.91 Å². The number of aldehydes is 1. The van der Waals surface area contributed by atoms with Crippen LogP contribution in [0.25, 0.3) is 0 Å². The lowest BCUT2D eigenvalue weighted by Crippen LogP contribution is -2.54. The Kier molecular flexibility index (Phi) is 8.59. The van der Waals surface area contributed by atoms with Gasteiger partial charge in [0, 0.05) is 26.2 Å². The van der Waals surface area contributed by atoms with E-state index in [0.29, 0.717) is 36.3 Å². The lowest BCUT2D eigenvalue weighted by Gasteiger charge is -2.28. The average molecular weight is 467 g/mol. The summed E-state index contributed by atoms with van der Waals surface area (Å²) >= 11 is 6.21. The van der Waals surface area contributed by atoms with E-state index in [2.05, 4.69) is 10.6 Å². The minimum Gasteiger partial charge on any atom is -0.481 e. The molecule has 1 saturated heterocycles. The maximum atomic E-state index is 12.9. The van der Waals surface area contributed by atoms with Gasteiger partial charge < -0.3 is 30.3 Å². The van der Waals surface area contributed by atoms with E-state index in [9.17, 15) is 24.0 Å². The molecule has 2 rings (SSSR count). The molecule has 3 amide bonds. The molecule has 1 fully saturated rings. The predicted molar refractivity (Wildman–Crippen MR) is 118 cm³/mol. The second-order valence-electron chi connectivity index (χ2n) is 7.79. The second-order valence-corrected chi connectivity index (χ2v) is 8.20. The van der Waals surface area contributed by atoms with Crippen LogP contribution in [-0.4, -0.2) is 78.7 Å². The van der Waals surface area contributed by atoms with Crippen molar-refractivity contribution < 1.29 is 29.1 Å². The molecule has 1 heterocycles. The molecule has 0 spiro atoms. The number of nitrogens with zero attached hydrogens (tertiary/aromatic N) is 2. The van der Waals surface area contributed by atoms with E-state index >= 15 is 0 Å². The molecule has 10 nitrogen and oxygen atoms in total. The molecule has 1 aromatic rings. The van der Waals surface area contributed by atoms with Gasteiger partial charge in [-0.1, -0.05) is 11.6 Å². The molecule has 1 aliphatic rings. The van der Waals surface area contributed by atoms with E-state index in [4.69, 9.17) is 16.7 Å². The fourth-order valence-electron chi connectivity index (χ4n) is 3.50. The van der Waals surface area contributed by atoms with Gasteiger partial charge in [-0.2, -0.15) is 0 Å². The molecule has 32 heavy (non-hydrogen) atoms. The Bertz CT molecular complexity index is 906. The highest BCUT2D eigenvalue weighted by atomic mass is 35.5. The maximum absolute atomic E-state index is 12.9. The van der Waals surface area contributed by atoms with Crippen LogP contribution in [0, 0.1) is 0 Å². The number of benzene rings is 1. The number of amides is 3. The van der Waals surface area contributed by atoms with Crippen LogP contribution in [0.1, 0.15) is 36.5 Å². The molecule has 3 N–H and O–H groups in total. The third kappa shape index (κ3) is 6.19. The van der Waals surface area contributed by atoms with Crippen LogP contribution < -0.4 is 15.5 Å². The molecule has 0 aromatic heterocycles. The van der Waals surface area contributed by atoms with Gasteiger partial charge in [-0.25, -0.2) is 0 Å². The first-order valence-corrected chi connectivity index (χ1v) is 10.5. The standard InChI is InChI=1S/C21H27ClN4O6/c1-12(23-19(30)13-6-7-16(25(2)3)15(22)9-13)21(32)26-8-4-5-17(26)20(31)24-14(11-27)10-18(28)29/h6-7,9,11-12,14,17H,4-5,8,10H2,1-3H3,(H,23,30)(H,24,31)(H,28,29). The summed E-state index contributed by atoms with van der Waals surface area (Å²) in [5.74, 6) is -2.76. The van der Waals surface area contributed by atoms with Crippen molar-refractivity contribution >= 4 is 47.3 Å². The predicted octanol–water partition coefficient (Wildman–Crippen LogP) is 0.674. The van der Waals surface area contributed by atoms with Crippen LogP contribution in [0.2, 0.25) is 5.02 Å². The Labute approximate surface area is 190 Å². The molecule has 3 atom stereocenters. The van der Waals surface area contributed by atoms with E-state index in [0.717, 1.165) is 5.69 Å². The van der Waals surface area contributed by atoms with E-state index < -0.39 is 48.2 Å². The first-order valence-electron chi connectivity index (χ1n) is 10.1. The number of anilines is 1. The Morgan fingerprint density at radius 2 is 1.97 bits per heavy atom. The van der Waals surface area contributed by atoms with Gasteiger partial charge >= 0.3 is 5.97 Å². The summed E-state index contributed by atoms with van der Waals surface area (Å²) < 4.78 is 0. The number of halogens is 1. The number of carbonyl (C=O) groups excluding carboxylic acids is 4. The normalized spacial score (nSPS) is 17.2. The van der Waals surface area contributed by atoms with Crippen LogP contribution in [0.3, 0.4) is 0 Å². The largest absolute Gasteiger partial charge is 0.481 e. The minimum atomic E-state index is -1.23. The Balaban J connectivity index is 2.03. The lowest BCUT2D eigenvalue weighted by atomic mass is 10.1. The summed E-state index contributed by atoms with van der Waals surface area (Å²) in [5.41, 5.74) is 1.04. The van der Waals surface area contributed by atoms with Gasteiger partial charge in [-0.15, -0.1) is 0 Å². The van der Waals surface area contributed by atoms with Crippen LogP contribution in [0.5, 0.6) is 0 Å². The Morgan fingerprint density at radius 1 is 1.28 bits per heavy atom. The van der Waals surface area contributed by atoms with E-state index in [-0.39, 0.29) is 0 Å². The number of rotatable bonds is 9. The summed E-state index contributed by atoms with van der Waals surface area (Å²) in [6.07, 6.45) is 0.746. The number of carbonyl (C=O) groups is 5. The van der Waals surface area contributed by atoms with Gasteiger partial charge in [-0.3, -0.25) is 19.2 Å². The Hall–Kier alpha value is -3.14. The molecule has 174 valence electrons. The summed E-state index contributed by atoms with van der Waals surface area (Å²) in [4.78, 5) is 63.0. The molecule has 0 bridgehead atoms. The molecule has 1 aromatic carbocycles. The topological polar surface area (TPSA) is 136 Å². The summed E-state index contributed by atoms with van der Waals surface area (Å²) in [6.45, 7) is 1.83. The van der Waals surface area contributed by atoms with Gasteiger partial charge in [0.05, 0.1) is 23.2 Å². The van der Waals surface area contributed by atoms with Crippen molar-refractivity contribution in [3.8, 4) is 0 Å². The third-order valence-electron chi connectivity index (χ3n) is 5.13. The first-order chi connectivity index (χ1) is 15.0. The highest BCUT2D eigenvalue weighted by Crippen LogP contribution is 2.25. The van der Waals surface area contributed by atoms with Crippen LogP contribution in [0.15, 0.2) is 18.2 Å². The van der Waals surface area contributed by atoms with Crippen molar-refractivity contribution in [2.24, 2.45) is 0 Å². The molecule has 11 heteroatoms. The smallest absolute Gasteiger partial charge is 0.305 e. The van der Waals surface area contributed by atoms with Crippen LogP contribution in [-0.2, 0) is 19.2 Å². The molecular weight excluding hydrogens is 440 g/mol. The number of carboxylic acid groups (broad SMARTS) is 1. The minimum absolute atomic E-state index is 0.290. The van der Waals surface area contributed by atoms with E-state index in [1.165, 1.54) is 17.9 Å². The zero-order valence-electron chi connectivity index (χ0n) is 18.1. The van der Waals surface area contributed by atoms with E-state index in [1.54, 1.807) is 17.0 Å². The van der Waals surface area contributed by atoms with Crippen LogP contribution in [0.4, 0.5) is 5.69 Å². The highest BCUT2D eigenvalue weighted by molar-refractivity contribution is 6.33. The van der Waals surface area contributed by atoms with Gasteiger partial charge in [-0.05, 0) is 38.0 Å². The first kappa shape index (κ1) is 25.1. The Morgan fingerprint density at radius 3 is 2.53 bits per heavy atom. The fourth-order valence-corrected chi connectivity index (χ4v) is 3.85. The van der Waals surface area contributed by atoms with Gasteiger partial charge in [0.15, 0.2) is 0 Å². The molecule has 0 radical (unpaired) electrons. The van der Waals surface area contributed by atoms with Crippen molar-refractivity contribution in [1.82, 2.24) is 15.5 Å². The average Bonchev–Trinajstić information content (AvgIpc) is 3.21. The fraction of sp³-hybridized carbons (Fsp3) is 0.476. The highest BCUT2D eigenvalue weighted by Gasteiger charge is 2.37. The summed E-state index contributed by atoms with van der Waals surface area (Å²) in [6, 6.07) is 1.88. The van der Waals surface area contributed by atoms with Crippen molar-refractivity contribution in [3.63, 3.8) is 0 Å². The zero-order valence-corrected chi connectivity index (χ0v) is 18.9. The van der Waals surface area contributed by atoms with Crippen molar-refractivity contribution in [2.45, 2.75) is 44.3 Å². The number of hydrogen-bond acceptors (Lipinski definition) is 6. The van der Waals surface area contributed by atoms with Crippen molar-refractivity contribution in [2.75, 3.05) is 25.5 Å². The number of hydrogen-bond donors (Lipinski definition) is 3. The van der Waals surface area contributed by atoms with Crippen LogP contribution >= 0.6 is 11.6 Å². The summed E-state index contributed by atoms with van der Waals surface area (Å²) in [7, 11) is 3.65. The van der Waals surface area contributed by atoms with Gasteiger partial charge in [0.1, 0.15) is 18.4 Å². The molecule has 0 aliphatic carbocycles. The number of likely N-dealkylation sites (tertiary alicyclic amines) is 1. The van der Waals surface area contributed by atoms with Crippen molar-refractivity contribution in [1.29, 1.82) is 0 Å². The monoisotopic (exact) mass is 466 g/mol. The molecule has 1 aliphatic heterocycles. The molecule has 0 saturated carbocycles. The quantitative estimate of drug-likeness (QED) is 0.455. The molecule has 3 unspecified atom stereocenters. The third-order valence-corrected chi connectivity index (χ3v) is 5.44. The molecular formula is C21H27ClN4O6. The zero-order chi connectivity index (χ0) is 24.0. The SMILES string of the molecule is CC(NC(=O)c1ccc(N(C)C)c(Cl)c1)C(=O)N1CCCC1C(=O)NC(C=O)CC(=O)O. The number of aliphatic carboxylic acids is 1. The summed E-state index contributed by atoms with van der Waals surface area (Å²) in [5, 5.41) is 14.2. The second kappa shape index (κ2) is 10.9. The maximum Gasteiger partial charge on any atom is 0.305 e. The number of nitrogens with one attached hydrogen (secondary N) is 2. The van der Waals surface area contributed by atoms with Crippen molar-refractivity contribution in [3.05, 3.63) is 28.8 Å². The lowest BCUT2D eigenvalue weighted by molar-refractivity contribution is -0.141. The van der Waals surface area contributed by atoms with E-state index in [1.807, 2.05) is 14.1 Å². The van der Waals surface area contributed by atoms with Gasteiger partial charge in [0.2, 0.25) is 11.8 Å².